The fraction of sp³-hybridized carbons (Fsp3) is 0.435. The third-order valence-corrected chi connectivity index (χ3v) is 7.05. The minimum Gasteiger partial charge on any atom is -0.508 e. The Bertz CT molecular complexity index is 1130. The van der Waals surface area contributed by atoms with E-state index in [1.165, 1.54) is 18.0 Å². The number of aryl methyl sites for hydroxylation is 1. The predicted octanol–water partition coefficient (Wildman–Crippen LogP) is 0.533. The maximum Gasteiger partial charge on any atom is 0.258 e. The smallest absolute Gasteiger partial charge is 0.258 e. The number of aromatic hydroxyl groups is 1. The summed E-state index contributed by atoms with van der Waals surface area (Å²) >= 11 is 0. The number of aliphatic hydroxyl groups is 3. The van der Waals surface area contributed by atoms with E-state index in [0.29, 0.717) is 12.0 Å². The number of ketones is 2. The largest absolute Gasteiger partial charge is 0.508 e. The normalized spacial score (nSPS) is 29.6. The third-order valence-electron chi connectivity index (χ3n) is 7.05. The Balaban J connectivity index is 1.99. The van der Waals surface area contributed by atoms with Crippen molar-refractivity contribution >= 4 is 23.2 Å². The first kappa shape index (κ1) is 22.0. The highest BCUT2D eigenvalue weighted by molar-refractivity contribution is 6.24. The summed E-state index contributed by atoms with van der Waals surface area (Å²) in [5.41, 5.74) is -1.73. The summed E-state index contributed by atoms with van der Waals surface area (Å²) in [5.74, 6) is -5.81. The Morgan fingerprint density at radius 3 is 2.44 bits per heavy atom. The zero-order chi connectivity index (χ0) is 23.7. The van der Waals surface area contributed by atoms with Crippen LogP contribution in [0.2, 0.25) is 0 Å². The van der Waals surface area contributed by atoms with Crippen molar-refractivity contribution in [3.05, 3.63) is 45.7 Å². The van der Waals surface area contributed by atoms with Crippen molar-refractivity contribution < 1.29 is 34.8 Å². The van der Waals surface area contributed by atoms with Gasteiger partial charge in [-0.2, -0.15) is 0 Å². The molecular weight excluding hydrogens is 416 g/mol. The number of likely N-dealkylation sites (N-methyl/N-ethyl adjacent to an activating group) is 2. The van der Waals surface area contributed by atoms with Crippen molar-refractivity contribution in [2.45, 2.75) is 31.4 Å². The number of carbonyl (C=O) groups is 3. The second-order valence-electron chi connectivity index (χ2n) is 8.93. The molecular formula is C23H26N2O7. The first-order chi connectivity index (χ1) is 15.0. The Morgan fingerprint density at radius 2 is 1.84 bits per heavy atom. The van der Waals surface area contributed by atoms with Crippen LogP contribution in [0.25, 0.3) is 5.76 Å². The molecule has 0 spiro atoms. The van der Waals surface area contributed by atoms with Gasteiger partial charge in [0.1, 0.15) is 22.8 Å². The van der Waals surface area contributed by atoms with E-state index in [4.69, 9.17) is 0 Å². The van der Waals surface area contributed by atoms with E-state index in [-0.39, 0.29) is 23.3 Å². The van der Waals surface area contributed by atoms with E-state index in [1.54, 1.807) is 20.2 Å². The van der Waals surface area contributed by atoms with Crippen LogP contribution in [0.3, 0.4) is 0 Å². The molecule has 1 aromatic rings. The average Bonchev–Trinajstić information content (AvgIpc) is 2.73. The van der Waals surface area contributed by atoms with Crippen LogP contribution in [0.15, 0.2) is 29.0 Å². The lowest BCUT2D eigenvalue weighted by molar-refractivity contribution is -0.153. The number of hydrogen-bond donors (Lipinski definition) is 5. The highest BCUT2D eigenvalue weighted by atomic mass is 16.3. The summed E-state index contributed by atoms with van der Waals surface area (Å²) in [4.78, 5) is 40.7. The van der Waals surface area contributed by atoms with Gasteiger partial charge in [0.25, 0.3) is 5.91 Å². The molecule has 0 aromatic heterocycles. The molecule has 5 N–H and O–H groups in total. The standard InChI is InChI=1S/C23H26N2O7/c1-9-5-6-13(26)15-11(9)7-10-8-12-17(25(3)4)19(28)16(22(31)24-2)21(30)23(12,32)20(29)14(10)18(15)27/h5-6,10,12,17,26-27,30,32H,7-8H2,1-4H3,(H,24,31)/t10-,12-,17-,23-/m0/s1. The second-order valence-corrected chi connectivity index (χ2v) is 8.93. The molecule has 1 amide bonds. The van der Waals surface area contributed by atoms with Gasteiger partial charge >= 0.3 is 0 Å². The van der Waals surface area contributed by atoms with E-state index >= 15 is 0 Å². The van der Waals surface area contributed by atoms with Crippen LogP contribution in [-0.4, -0.2) is 75.6 Å². The minimum absolute atomic E-state index is 0.107. The van der Waals surface area contributed by atoms with Gasteiger partial charge in [-0.05, 0) is 57.0 Å². The van der Waals surface area contributed by atoms with Crippen molar-refractivity contribution in [2.75, 3.05) is 21.1 Å². The lowest BCUT2D eigenvalue weighted by Gasteiger charge is -2.50. The van der Waals surface area contributed by atoms with Gasteiger partial charge in [-0.25, -0.2) is 0 Å². The number of benzene rings is 1. The summed E-state index contributed by atoms with van der Waals surface area (Å²) in [6.45, 7) is 1.83. The quantitative estimate of drug-likeness (QED) is 0.417. The lowest BCUT2D eigenvalue weighted by Crippen LogP contribution is -2.65. The predicted molar refractivity (Wildman–Crippen MR) is 114 cm³/mol. The number of nitrogens with zero attached hydrogens (tertiary/aromatic N) is 1. The molecule has 0 bridgehead atoms. The van der Waals surface area contributed by atoms with Crippen LogP contribution < -0.4 is 5.32 Å². The fourth-order valence-electron chi connectivity index (χ4n) is 5.51. The Labute approximate surface area is 184 Å². The van der Waals surface area contributed by atoms with Crippen molar-refractivity contribution in [2.24, 2.45) is 11.8 Å². The van der Waals surface area contributed by atoms with Gasteiger partial charge in [-0.15, -0.1) is 0 Å². The van der Waals surface area contributed by atoms with Crippen molar-refractivity contribution in [3.63, 3.8) is 0 Å². The molecule has 32 heavy (non-hydrogen) atoms. The lowest BCUT2D eigenvalue weighted by atomic mass is 9.57. The van der Waals surface area contributed by atoms with Crippen LogP contribution in [0.5, 0.6) is 5.75 Å². The molecule has 0 unspecified atom stereocenters. The van der Waals surface area contributed by atoms with Gasteiger partial charge in [0, 0.05) is 18.5 Å². The molecule has 1 aromatic carbocycles. The number of aliphatic hydroxyl groups excluding tert-OH is 2. The molecule has 9 heteroatoms. The van der Waals surface area contributed by atoms with Crippen LogP contribution in [0.1, 0.15) is 23.1 Å². The molecule has 9 nitrogen and oxygen atoms in total. The monoisotopic (exact) mass is 442 g/mol. The molecule has 3 aliphatic rings. The van der Waals surface area contributed by atoms with Crippen LogP contribution in [0, 0.1) is 18.8 Å². The molecule has 4 atom stereocenters. The first-order valence-corrected chi connectivity index (χ1v) is 10.3. The molecule has 170 valence electrons. The summed E-state index contributed by atoms with van der Waals surface area (Å²) < 4.78 is 0. The number of fused-ring (bicyclic) bond motifs is 3. The van der Waals surface area contributed by atoms with Gasteiger partial charge in [0.05, 0.1) is 11.6 Å². The maximum atomic E-state index is 13.7. The summed E-state index contributed by atoms with van der Waals surface area (Å²) in [6.07, 6.45) is 0.421. The zero-order valence-electron chi connectivity index (χ0n) is 18.3. The Morgan fingerprint density at radius 1 is 1.19 bits per heavy atom. The fourth-order valence-corrected chi connectivity index (χ4v) is 5.51. The summed E-state index contributed by atoms with van der Waals surface area (Å²) in [5, 5.41) is 46.1. The van der Waals surface area contributed by atoms with E-state index in [1.807, 2.05) is 6.92 Å². The van der Waals surface area contributed by atoms with Crippen molar-refractivity contribution in [1.82, 2.24) is 10.2 Å². The Kier molecular flexibility index (Phi) is 4.94. The van der Waals surface area contributed by atoms with Gasteiger partial charge in [-0.3, -0.25) is 19.3 Å². The van der Waals surface area contributed by atoms with E-state index in [2.05, 4.69) is 5.32 Å². The first-order valence-electron chi connectivity index (χ1n) is 10.3. The maximum absolute atomic E-state index is 13.7. The molecule has 0 aliphatic heterocycles. The molecule has 0 saturated heterocycles. The highest BCUT2D eigenvalue weighted by Crippen LogP contribution is 2.52. The summed E-state index contributed by atoms with van der Waals surface area (Å²) in [7, 11) is 4.46. The van der Waals surface area contributed by atoms with Crippen molar-refractivity contribution in [3.8, 4) is 5.75 Å². The molecule has 0 heterocycles. The van der Waals surface area contributed by atoms with Crippen LogP contribution in [0.4, 0.5) is 0 Å². The van der Waals surface area contributed by atoms with Crippen LogP contribution >= 0.6 is 0 Å². The van der Waals surface area contributed by atoms with Gasteiger partial charge in [0.15, 0.2) is 11.4 Å². The molecule has 0 radical (unpaired) electrons. The number of rotatable bonds is 2. The van der Waals surface area contributed by atoms with Crippen molar-refractivity contribution in [1.29, 1.82) is 0 Å². The highest BCUT2D eigenvalue weighted by Gasteiger charge is 2.64. The number of phenolic OH excluding ortho intramolecular Hbond substituents is 1. The molecule has 1 saturated carbocycles. The minimum atomic E-state index is -2.57. The summed E-state index contributed by atoms with van der Waals surface area (Å²) in [6, 6.07) is 2.09. The Hall–Kier alpha value is -3.17. The topological polar surface area (TPSA) is 147 Å². The zero-order valence-corrected chi connectivity index (χ0v) is 18.3. The number of hydrogen-bond acceptors (Lipinski definition) is 8. The van der Waals surface area contributed by atoms with E-state index in [0.717, 1.165) is 5.56 Å². The van der Waals surface area contributed by atoms with Gasteiger partial charge < -0.3 is 25.7 Å². The average molecular weight is 442 g/mol. The van der Waals surface area contributed by atoms with Gasteiger partial charge in [0.2, 0.25) is 5.78 Å². The number of amides is 1. The van der Waals surface area contributed by atoms with Gasteiger partial charge in [-0.1, -0.05) is 6.07 Å². The second kappa shape index (κ2) is 7.18. The molecule has 3 aliphatic carbocycles. The van der Waals surface area contributed by atoms with E-state index in [9.17, 15) is 34.8 Å². The number of phenols is 1. The SMILES string of the molecule is CNC(=O)C1=C(O)[C@@]2(O)C(=O)C3=C(O)c4c(O)ccc(C)c4C[C@H]3C[C@H]2[C@H](N(C)C)C1=O. The molecule has 1 fully saturated rings. The third kappa shape index (κ3) is 2.67. The number of carbonyl (C=O) groups excluding carboxylic acids is 3. The number of Topliss-reactive ketones (excluding diaryl/α,β-unsaturated/α-hetero) is 2. The van der Waals surface area contributed by atoms with Crippen LogP contribution in [-0.2, 0) is 20.8 Å². The van der Waals surface area contributed by atoms with E-state index < -0.39 is 58.0 Å². The number of nitrogens with one attached hydrogen (secondary N) is 1. The molecule has 4 rings (SSSR count).